The highest BCUT2D eigenvalue weighted by Gasteiger charge is 2.27. The molecule has 0 heterocycles. The number of methoxy groups -OCH3 is 2. The first kappa shape index (κ1) is 31.6. The van der Waals surface area contributed by atoms with Crippen LogP contribution in [0.15, 0.2) is 107 Å². The Labute approximate surface area is 256 Å². The van der Waals surface area contributed by atoms with Crippen LogP contribution in [0.5, 0.6) is 17.2 Å². The third kappa shape index (κ3) is 8.35. The van der Waals surface area contributed by atoms with Gasteiger partial charge >= 0.3 is 0 Å². The minimum absolute atomic E-state index is 0.0691. The minimum Gasteiger partial charge on any atom is -0.497 e. The summed E-state index contributed by atoms with van der Waals surface area (Å²) in [6.45, 7) is 1.16. The molecule has 4 aromatic carbocycles. The van der Waals surface area contributed by atoms with Crippen molar-refractivity contribution in [2.24, 2.45) is 5.10 Å². The summed E-state index contributed by atoms with van der Waals surface area (Å²) in [6, 6.07) is 26.8. The second kappa shape index (κ2) is 14.7. The molecule has 0 atom stereocenters. The average Bonchev–Trinajstić information content (AvgIpc) is 3.03. The molecular weight excluding hydrogens is 584 g/mol. The first-order valence-electron chi connectivity index (χ1n) is 13.4. The van der Waals surface area contributed by atoms with E-state index in [1.807, 2.05) is 30.3 Å². The van der Waals surface area contributed by atoms with Gasteiger partial charge in [0.2, 0.25) is 5.91 Å². The molecule has 0 aliphatic heterocycles. The Balaban J connectivity index is 1.48. The predicted molar refractivity (Wildman–Crippen MR) is 168 cm³/mol. The molecule has 0 unspecified atom stereocenters. The summed E-state index contributed by atoms with van der Waals surface area (Å²) < 4.78 is 44.8. The van der Waals surface area contributed by atoms with E-state index in [1.165, 1.54) is 63.8 Å². The standard InChI is InChI=1S/C32H32N4O7S/c1-23(37)34-26-10-16-29(17-11-26)44(39,40)36(27-12-14-28(41-2)15-13-27)21-32(38)35-33-20-25-9-18-30(31(19-25)42-3)43-22-24-7-5-4-6-8-24/h4-20H,21-22H2,1-3H3,(H,34,37)(H,35,38)/b33-20-. The van der Waals surface area contributed by atoms with E-state index in [1.54, 1.807) is 30.3 Å². The Morgan fingerprint density at radius 3 is 2.20 bits per heavy atom. The van der Waals surface area contributed by atoms with Gasteiger partial charge in [-0.15, -0.1) is 0 Å². The van der Waals surface area contributed by atoms with Crippen LogP contribution in [-0.2, 0) is 26.2 Å². The van der Waals surface area contributed by atoms with Gasteiger partial charge in [0.1, 0.15) is 18.9 Å². The van der Waals surface area contributed by atoms with Crippen molar-refractivity contribution in [2.45, 2.75) is 18.4 Å². The maximum Gasteiger partial charge on any atom is 0.264 e. The van der Waals surface area contributed by atoms with Gasteiger partial charge in [-0.1, -0.05) is 30.3 Å². The summed E-state index contributed by atoms with van der Waals surface area (Å²) in [7, 11) is -1.18. The number of amides is 2. The molecule has 2 N–H and O–H groups in total. The Morgan fingerprint density at radius 1 is 0.864 bits per heavy atom. The maximum atomic E-state index is 13.7. The number of hydrogen-bond acceptors (Lipinski definition) is 8. The number of rotatable bonds is 13. The maximum absolute atomic E-state index is 13.7. The number of benzene rings is 4. The number of nitrogens with one attached hydrogen (secondary N) is 2. The van der Waals surface area contributed by atoms with Crippen LogP contribution >= 0.6 is 0 Å². The van der Waals surface area contributed by atoms with Gasteiger partial charge in [-0.2, -0.15) is 5.10 Å². The molecule has 44 heavy (non-hydrogen) atoms. The van der Waals surface area contributed by atoms with Crippen molar-refractivity contribution in [1.29, 1.82) is 0 Å². The molecule has 0 radical (unpaired) electrons. The Bertz CT molecular complexity index is 1710. The number of hydrogen-bond donors (Lipinski definition) is 2. The lowest BCUT2D eigenvalue weighted by atomic mass is 10.2. The molecule has 0 fully saturated rings. The fourth-order valence-electron chi connectivity index (χ4n) is 4.07. The lowest BCUT2D eigenvalue weighted by Crippen LogP contribution is -2.39. The van der Waals surface area contributed by atoms with Gasteiger partial charge in [-0.25, -0.2) is 13.8 Å². The molecule has 228 valence electrons. The molecule has 2 amide bonds. The van der Waals surface area contributed by atoms with Crippen LogP contribution in [-0.4, -0.2) is 47.2 Å². The largest absolute Gasteiger partial charge is 0.497 e. The number of nitrogens with zero attached hydrogens (tertiary/aromatic N) is 2. The minimum atomic E-state index is -4.19. The molecule has 0 spiro atoms. The fourth-order valence-corrected chi connectivity index (χ4v) is 5.49. The number of sulfonamides is 1. The van der Waals surface area contributed by atoms with E-state index in [0.29, 0.717) is 35.1 Å². The van der Waals surface area contributed by atoms with Crippen LogP contribution in [0, 0.1) is 0 Å². The van der Waals surface area contributed by atoms with E-state index < -0.39 is 22.5 Å². The van der Waals surface area contributed by atoms with Gasteiger partial charge in [-0.05, 0) is 77.9 Å². The number of carbonyl (C=O) groups excluding carboxylic acids is 2. The van der Waals surface area contributed by atoms with Crippen molar-refractivity contribution >= 4 is 39.4 Å². The molecule has 12 heteroatoms. The van der Waals surface area contributed by atoms with E-state index in [4.69, 9.17) is 14.2 Å². The van der Waals surface area contributed by atoms with Gasteiger partial charge in [-0.3, -0.25) is 13.9 Å². The quantitative estimate of drug-likeness (QED) is 0.166. The van der Waals surface area contributed by atoms with Crippen molar-refractivity contribution in [3.05, 3.63) is 108 Å². The third-order valence-corrected chi connectivity index (χ3v) is 8.03. The van der Waals surface area contributed by atoms with E-state index in [0.717, 1.165) is 9.87 Å². The highest BCUT2D eigenvalue weighted by molar-refractivity contribution is 7.92. The molecule has 0 aliphatic carbocycles. The van der Waals surface area contributed by atoms with Crippen molar-refractivity contribution in [3.63, 3.8) is 0 Å². The van der Waals surface area contributed by atoms with E-state index >= 15 is 0 Å². The number of anilines is 2. The predicted octanol–water partition coefficient (Wildman–Crippen LogP) is 4.59. The van der Waals surface area contributed by atoms with Gasteiger partial charge in [0, 0.05) is 12.6 Å². The smallest absolute Gasteiger partial charge is 0.264 e. The Morgan fingerprint density at radius 2 is 1.57 bits per heavy atom. The zero-order valence-corrected chi connectivity index (χ0v) is 25.2. The molecule has 0 aromatic heterocycles. The summed E-state index contributed by atoms with van der Waals surface area (Å²) in [6.07, 6.45) is 1.41. The normalized spacial score (nSPS) is 11.1. The van der Waals surface area contributed by atoms with Gasteiger partial charge in [0.05, 0.1) is 31.0 Å². The first-order chi connectivity index (χ1) is 21.2. The molecule has 4 aromatic rings. The van der Waals surface area contributed by atoms with Crippen molar-refractivity contribution in [2.75, 3.05) is 30.4 Å². The molecule has 11 nitrogen and oxygen atoms in total. The Hall–Kier alpha value is -5.36. The van der Waals surface area contributed by atoms with Crippen molar-refractivity contribution in [3.8, 4) is 17.2 Å². The molecule has 4 rings (SSSR count). The van der Waals surface area contributed by atoms with E-state index in [2.05, 4.69) is 15.8 Å². The summed E-state index contributed by atoms with van der Waals surface area (Å²) >= 11 is 0. The fraction of sp³-hybridized carbons (Fsp3) is 0.156. The molecule has 0 bridgehead atoms. The van der Waals surface area contributed by atoms with Crippen molar-refractivity contribution in [1.82, 2.24) is 5.43 Å². The second-order valence-electron chi connectivity index (χ2n) is 9.39. The summed E-state index contributed by atoms with van der Waals surface area (Å²) in [5, 5.41) is 6.60. The summed E-state index contributed by atoms with van der Waals surface area (Å²) in [4.78, 5) is 24.2. The number of carbonyl (C=O) groups is 2. The summed E-state index contributed by atoms with van der Waals surface area (Å²) in [5.41, 5.74) is 4.69. The number of hydrazone groups is 1. The summed E-state index contributed by atoms with van der Waals surface area (Å²) in [5.74, 6) is 0.584. The monoisotopic (exact) mass is 616 g/mol. The Kier molecular flexibility index (Phi) is 10.5. The van der Waals surface area contributed by atoms with Crippen LogP contribution in [0.1, 0.15) is 18.1 Å². The lowest BCUT2D eigenvalue weighted by Gasteiger charge is -2.24. The highest BCUT2D eigenvalue weighted by Crippen LogP contribution is 2.29. The van der Waals surface area contributed by atoms with E-state index in [9.17, 15) is 18.0 Å². The van der Waals surface area contributed by atoms with Crippen LogP contribution in [0.2, 0.25) is 0 Å². The SMILES string of the molecule is COc1ccc(N(CC(=O)N/N=C\c2ccc(OCc3ccccc3)c(OC)c2)S(=O)(=O)c2ccc(NC(C)=O)cc2)cc1. The van der Waals surface area contributed by atoms with Crippen LogP contribution < -0.4 is 29.3 Å². The topological polar surface area (TPSA) is 136 Å². The zero-order valence-electron chi connectivity index (χ0n) is 24.4. The zero-order chi connectivity index (χ0) is 31.5. The van der Waals surface area contributed by atoms with Gasteiger partial charge in [0.25, 0.3) is 15.9 Å². The van der Waals surface area contributed by atoms with Crippen molar-refractivity contribution < 1.29 is 32.2 Å². The molecule has 0 saturated carbocycles. The lowest BCUT2D eigenvalue weighted by molar-refractivity contribution is -0.119. The van der Waals surface area contributed by atoms with E-state index in [-0.39, 0.29) is 16.5 Å². The molecular formula is C32H32N4O7S. The average molecular weight is 617 g/mol. The first-order valence-corrected chi connectivity index (χ1v) is 14.8. The van der Waals surface area contributed by atoms with Crippen LogP contribution in [0.3, 0.4) is 0 Å². The highest BCUT2D eigenvalue weighted by atomic mass is 32.2. The molecule has 0 saturated heterocycles. The third-order valence-electron chi connectivity index (χ3n) is 6.24. The second-order valence-corrected chi connectivity index (χ2v) is 11.3. The molecule has 0 aliphatic rings. The van der Waals surface area contributed by atoms with Crippen LogP contribution in [0.25, 0.3) is 0 Å². The van der Waals surface area contributed by atoms with Gasteiger partial charge < -0.3 is 19.5 Å². The number of ether oxygens (including phenoxy) is 3. The van der Waals surface area contributed by atoms with Crippen LogP contribution in [0.4, 0.5) is 11.4 Å². The van der Waals surface area contributed by atoms with Gasteiger partial charge in [0.15, 0.2) is 11.5 Å².